The molecule has 1 fully saturated rings. The number of benzene rings is 1. The zero-order valence-electron chi connectivity index (χ0n) is 9.76. The van der Waals surface area contributed by atoms with Crippen molar-refractivity contribution in [2.24, 2.45) is 5.73 Å². The van der Waals surface area contributed by atoms with E-state index in [0.29, 0.717) is 18.0 Å². The van der Waals surface area contributed by atoms with Gasteiger partial charge in [0.15, 0.2) is 0 Å². The monoisotopic (exact) mass is 240 g/mol. The number of rotatable bonds is 3. The molecule has 2 atom stereocenters. The van der Waals surface area contributed by atoms with E-state index in [0.717, 1.165) is 19.0 Å². The number of hydrogen-bond acceptors (Lipinski definition) is 2. The van der Waals surface area contributed by atoms with Crippen LogP contribution in [-0.2, 0) is 0 Å². The van der Waals surface area contributed by atoms with Crippen molar-refractivity contribution in [1.82, 2.24) is 5.32 Å². The first-order chi connectivity index (χ1) is 8.16. The lowest BCUT2D eigenvalue weighted by molar-refractivity contribution is 0.359. The number of halogens is 2. The van der Waals surface area contributed by atoms with Gasteiger partial charge in [-0.15, -0.1) is 0 Å². The lowest BCUT2D eigenvalue weighted by atomic mass is 9.94. The van der Waals surface area contributed by atoms with Gasteiger partial charge in [-0.25, -0.2) is 8.78 Å². The van der Waals surface area contributed by atoms with Crippen LogP contribution in [0.15, 0.2) is 18.2 Å². The van der Waals surface area contributed by atoms with E-state index in [1.165, 1.54) is 25.0 Å². The Kier molecular flexibility index (Phi) is 4.07. The lowest BCUT2D eigenvalue weighted by Gasteiger charge is -2.26. The summed E-state index contributed by atoms with van der Waals surface area (Å²) < 4.78 is 26.3. The van der Waals surface area contributed by atoms with Crippen molar-refractivity contribution in [3.05, 3.63) is 35.4 Å². The third kappa shape index (κ3) is 3.23. The molecule has 1 aromatic rings. The fourth-order valence-electron chi connectivity index (χ4n) is 2.36. The molecular weight excluding hydrogens is 222 g/mol. The van der Waals surface area contributed by atoms with E-state index in [9.17, 15) is 8.78 Å². The summed E-state index contributed by atoms with van der Waals surface area (Å²) in [6.07, 6.45) is 4.16. The van der Waals surface area contributed by atoms with Crippen LogP contribution >= 0.6 is 0 Å². The Bertz CT molecular complexity index is 376. The van der Waals surface area contributed by atoms with Crippen LogP contribution in [0.1, 0.15) is 37.3 Å². The fourth-order valence-corrected chi connectivity index (χ4v) is 2.36. The van der Waals surface area contributed by atoms with Gasteiger partial charge in [-0.3, -0.25) is 0 Å². The molecule has 0 aromatic heterocycles. The number of nitrogens with two attached hydrogens (primary N) is 1. The first-order valence-corrected chi connectivity index (χ1v) is 6.10. The molecule has 1 aliphatic rings. The van der Waals surface area contributed by atoms with E-state index < -0.39 is 11.6 Å². The molecule has 94 valence electrons. The summed E-state index contributed by atoms with van der Waals surface area (Å²) in [7, 11) is 0. The van der Waals surface area contributed by atoms with Crippen LogP contribution in [0, 0.1) is 11.6 Å². The van der Waals surface area contributed by atoms with Gasteiger partial charge in [-0.1, -0.05) is 12.5 Å². The molecule has 0 radical (unpaired) electrons. The van der Waals surface area contributed by atoms with Gasteiger partial charge in [0.1, 0.15) is 11.6 Å². The zero-order chi connectivity index (χ0) is 12.3. The molecule has 0 saturated carbocycles. The van der Waals surface area contributed by atoms with Crippen molar-refractivity contribution < 1.29 is 8.78 Å². The molecule has 0 aliphatic carbocycles. The predicted octanol–water partition coefficient (Wildman–Crippen LogP) is 2.50. The van der Waals surface area contributed by atoms with Crippen molar-refractivity contribution in [1.29, 1.82) is 0 Å². The van der Waals surface area contributed by atoms with E-state index in [1.807, 2.05) is 0 Å². The number of nitrogens with one attached hydrogen (secondary N) is 1. The third-order valence-corrected chi connectivity index (χ3v) is 3.31. The smallest absolute Gasteiger partial charge is 0.130 e. The molecule has 1 saturated heterocycles. The highest BCUT2D eigenvalue weighted by Crippen LogP contribution is 2.22. The molecule has 1 aliphatic heterocycles. The molecule has 0 amide bonds. The predicted molar refractivity (Wildman–Crippen MR) is 63.5 cm³/mol. The van der Waals surface area contributed by atoms with Gasteiger partial charge >= 0.3 is 0 Å². The Morgan fingerprint density at radius 1 is 1.35 bits per heavy atom. The van der Waals surface area contributed by atoms with E-state index >= 15 is 0 Å². The molecule has 17 heavy (non-hydrogen) atoms. The van der Waals surface area contributed by atoms with Crippen molar-refractivity contribution in [2.75, 3.05) is 6.54 Å². The van der Waals surface area contributed by atoms with Gasteiger partial charge in [0.05, 0.1) is 0 Å². The normalized spacial score (nSPS) is 22.4. The van der Waals surface area contributed by atoms with Crippen LogP contribution < -0.4 is 11.1 Å². The molecule has 4 heteroatoms. The first-order valence-electron chi connectivity index (χ1n) is 6.10. The van der Waals surface area contributed by atoms with Gasteiger partial charge in [0.25, 0.3) is 0 Å². The van der Waals surface area contributed by atoms with Gasteiger partial charge in [-0.2, -0.15) is 0 Å². The second kappa shape index (κ2) is 5.56. The van der Waals surface area contributed by atoms with Crippen LogP contribution in [0.3, 0.4) is 0 Å². The van der Waals surface area contributed by atoms with Gasteiger partial charge in [0.2, 0.25) is 0 Å². The minimum absolute atomic E-state index is 0.350. The van der Waals surface area contributed by atoms with Crippen molar-refractivity contribution in [3.63, 3.8) is 0 Å². The van der Waals surface area contributed by atoms with Gasteiger partial charge < -0.3 is 11.1 Å². The lowest BCUT2D eigenvalue weighted by Crippen LogP contribution is -2.36. The Hall–Kier alpha value is -1.00. The first kappa shape index (κ1) is 12.5. The molecule has 0 bridgehead atoms. The molecular formula is C13H18F2N2. The summed E-state index contributed by atoms with van der Waals surface area (Å²) in [6.45, 7) is 1.00. The molecule has 1 aromatic carbocycles. The molecule has 2 unspecified atom stereocenters. The highest BCUT2D eigenvalue weighted by Gasteiger charge is 2.19. The third-order valence-electron chi connectivity index (χ3n) is 3.31. The maximum Gasteiger partial charge on any atom is 0.130 e. The molecule has 0 spiro atoms. The number of piperidine rings is 1. The van der Waals surface area contributed by atoms with Crippen molar-refractivity contribution >= 4 is 0 Å². The Labute approximate surface area is 100 Å². The van der Waals surface area contributed by atoms with Crippen LogP contribution in [-0.4, -0.2) is 12.6 Å². The molecule has 2 nitrogen and oxygen atoms in total. The Balaban J connectivity index is 2.00. The van der Waals surface area contributed by atoms with Crippen LogP contribution in [0.2, 0.25) is 0 Å². The molecule has 2 rings (SSSR count). The zero-order valence-corrected chi connectivity index (χ0v) is 9.76. The minimum Gasteiger partial charge on any atom is -0.324 e. The van der Waals surface area contributed by atoms with E-state index in [4.69, 9.17) is 5.73 Å². The van der Waals surface area contributed by atoms with Gasteiger partial charge in [0, 0.05) is 23.7 Å². The summed E-state index contributed by atoms with van der Waals surface area (Å²) in [5.74, 6) is -1.11. The van der Waals surface area contributed by atoms with Crippen LogP contribution in [0.4, 0.5) is 8.78 Å². The van der Waals surface area contributed by atoms with Gasteiger partial charge in [-0.05, 0) is 31.9 Å². The largest absolute Gasteiger partial charge is 0.324 e. The van der Waals surface area contributed by atoms with E-state index in [1.54, 1.807) is 0 Å². The SMILES string of the molecule is NC(CC1CCCCN1)c1ccc(F)cc1F. The maximum atomic E-state index is 13.5. The van der Waals surface area contributed by atoms with Crippen molar-refractivity contribution in [2.45, 2.75) is 37.8 Å². The highest BCUT2D eigenvalue weighted by atomic mass is 19.1. The minimum atomic E-state index is -0.561. The highest BCUT2D eigenvalue weighted by molar-refractivity contribution is 5.22. The maximum absolute atomic E-state index is 13.5. The van der Waals surface area contributed by atoms with E-state index in [2.05, 4.69) is 5.32 Å². The second-order valence-corrected chi connectivity index (χ2v) is 4.65. The standard InChI is InChI=1S/C13H18F2N2/c14-9-4-5-11(12(15)7-9)13(16)8-10-3-1-2-6-17-10/h4-5,7,10,13,17H,1-3,6,8,16H2. The topological polar surface area (TPSA) is 38.0 Å². The quantitative estimate of drug-likeness (QED) is 0.852. The summed E-state index contributed by atoms with van der Waals surface area (Å²) in [5, 5.41) is 3.37. The van der Waals surface area contributed by atoms with Crippen LogP contribution in [0.25, 0.3) is 0 Å². The Morgan fingerprint density at radius 3 is 2.82 bits per heavy atom. The summed E-state index contributed by atoms with van der Waals surface area (Å²) >= 11 is 0. The second-order valence-electron chi connectivity index (χ2n) is 4.65. The average Bonchev–Trinajstić information content (AvgIpc) is 2.30. The van der Waals surface area contributed by atoms with Crippen LogP contribution in [0.5, 0.6) is 0 Å². The van der Waals surface area contributed by atoms with E-state index in [-0.39, 0.29) is 6.04 Å². The molecule has 3 N–H and O–H groups in total. The Morgan fingerprint density at radius 2 is 2.18 bits per heavy atom. The summed E-state index contributed by atoms with van der Waals surface area (Å²) in [6, 6.07) is 3.57. The summed E-state index contributed by atoms with van der Waals surface area (Å²) in [4.78, 5) is 0. The average molecular weight is 240 g/mol. The fraction of sp³-hybridized carbons (Fsp3) is 0.538. The number of hydrogen-bond donors (Lipinski definition) is 2. The molecule has 1 heterocycles. The summed E-state index contributed by atoms with van der Waals surface area (Å²) in [5.41, 5.74) is 6.38. The van der Waals surface area contributed by atoms with Crippen molar-refractivity contribution in [3.8, 4) is 0 Å².